The van der Waals surface area contributed by atoms with Crippen molar-refractivity contribution in [2.24, 2.45) is 5.92 Å². The molecule has 0 aromatic carbocycles. The molecule has 0 spiro atoms. The molecule has 0 aliphatic heterocycles. The summed E-state index contributed by atoms with van der Waals surface area (Å²) < 4.78 is 44.8. The van der Waals surface area contributed by atoms with E-state index in [1.165, 1.54) is 17.3 Å². The van der Waals surface area contributed by atoms with Gasteiger partial charge in [0.15, 0.2) is 0 Å². The molecule has 1 heterocycles. The molecule has 0 fully saturated rings. The molecule has 1 atom stereocenters. The molecule has 2 N–H and O–H groups in total. The van der Waals surface area contributed by atoms with E-state index in [2.05, 4.69) is 10.3 Å². The maximum absolute atomic E-state index is 12.2. The fourth-order valence-corrected chi connectivity index (χ4v) is 2.29. The fourth-order valence-electron chi connectivity index (χ4n) is 1.60. The molecule has 1 aromatic rings. The van der Waals surface area contributed by atoms with Gasteiger partial charge in [0, 0.05) is 26.6 Å². The third-order valence-electron chi connectivity index (χ3n) is 2.77. The van der Waals surface area contributed by atoms with Crippen LogP contribution in [0.15, 0.2) is 5.38 Å². The van der Waals surface area contributed by atoms with Gasteiger partial charge in [-0.2, -0.15) is 0 Å². The normalized spacial score (nSPS) is 18.0. The number of amides is 2. The average Bonchev–Trinajstić information content (AvgIpc) is 2.87. The molecule has 6 nitrogen and oxygen atoms in total. The van der Waals surface area contributed by atoms with Gasteiger partial charge in [-0.15, -0.1) is 11.3 Å². The molecule has 2 amide bonds. The van der Waals surface area contributed by atoms with Gasteiger partial charge in [0.05, 0.1) is 17.2 Å². The fraction of sp³-hybridized carbons (Fsp3) is 0.643. The van der Waals surface area contributed by atoms with Gasteiger partial charge in [0.25, 0.3) is 0 Å². The Morgan fingerprint density at radius 1 is 1.52 bits per heavy atom. The number of carbonyl (C=O) groups excluding carboxylic acids is 1. The lowest BCUT2D eigenvalue weighted by atomic mass is 10.1. The Hall–Kier alpha value is -1.63. The summed E-state index contributed by atoms with van der Waals surface area (Å²) in [5, 5.41) is 13.0. The SMILES string of the molecule is [2H]C([2H])([2H])C(c1nc(CN(C)C(=O)N[C@@H](C(=O)O)C(C)C)cs1)C([2H])([2H])[2H]. The van der Waals surface area contributed by atoms with Gasteiger partial charge in [0.1, 0.15) is 6.04 Å². The largest absolute Gasteiger partial charge is 0.480 e. The number of rotatable bonds is 6. The predicted molar refractivity (Wildman–Crippen MR) is 82.5 cm³/mol. The van der Waals surface area contributed by atoms with E-state index in [1.54, 1.807) is 13.8 Å². The highest BCUT2D eigenvalue weighted by Gasteiger charge is 2.25. The van der Waals surface area contributed by atoms with E-state index in [0.717, 1.165) is 11.3 Å². The quantitative estimate of drug-likeness (QED) is 0.844. The molecule has 0 saturated carbocycles. The zero-order chi connectivity index (χ0) is 21.2. The first-order valence-corrected chi connectivity index (χ1v) is 7.21. The smallest absolute Gasteiger partial charge is 0.326 e. The first-order valence-electron chi connectivity index (χ1n) is 9.33. The molecule has 118 valence electrons. The first-order chi connectivity index (χ1) is 12.1. The summed E-state index contributed by atoms with van der Waals surface area (Å²) in [4.78, 5) is 28.6. The Labute approximate surface area is 137 Å². The number of urea groups is 1. The first kappa shape index (κ1) is 10.2. The molecular weight excluding hydrogens is 290 g/mol. The summed E-state index contributed by atoms with van der Waals surface area (Å²) in [7, 11) is 1.43. The van der Waals surface area contributed by atoms with Crippen LogP contribution in [0.1, 0.15) is 52.4 Å². The summed E-state index contributed by atoms with van der Waals surface area (Å²) in [5.41, 5.74) is 0.322. The zero-order valence-corrected chi connectivity index (χ0v) is 12.9. The van der Waals surface area contributed by atoms with Gasteiger partial charge in [-0.1, -0.05) is 27.6 Å². The van der Waals surface area contributed by atoms with Crippen LogP contribution in [-0.2, 0) is 11.3 Å². The number of carboxylic acids is 1. The van der Waals surface area contributed by atoms with Crippen LogP contribution in [0.2, 0.25) is 0 Å². The Bertz CT molecular complexity index is 660. The lowest BCUT2D eigenvalue weighted by Gasteiger charge is -2.22. The van der Waals surface area contributed by atoms with Gasteiger partial charge >= 0.3 is 12.0 Å². The van der Waals surface area contributed by atoms with Crippen LogP contribution < -0.4 is 5.32 Å². The highest BCUT2D eigenvalue weighted by Crippen LogP contribution is 2.19. The number of nitrogens with zero attached hydrogens (tertiary/aromatic N) is 2. The number of aromatic nitrogens is 1. The third-order valence-corrected chi connectivity index (χ3v) is 3.73. The van der Waals surface area contributed by atoms with Crippen LogP contribution >= 0.6 is 11.3 Å². The van der Waals surface area contributed by atoms with E-state index in [1.807, 2.05) is 0 Å². The Kier molecular flexibility index (Phi) is 3.58. The maximum atomic E-state index is 12.2. The van der Waals surface area contributed by atoms with E-state index in [9.17, 15) is 9.59 Å². The van der Waals surface area contributed by atoms with E-state index in [4.69, 9.17) is 13.3 Å². The van der Waals surface area contributed by atoms with Crippen LogP contribution in [0.25, 0.3) is 0 Å². The summed E-state index contributed by atoms with van der Waals surface area (Å²) in [6, 6.07) is -1.68. The van der Waals surface area contributed by atoms with Crippen molar-refractivity contribution >= 4 is 23.3 Å². The number of nitrogens with one attached hydrogen (secondary N) is 1. The second-order valence-electron chi connectivity index (χ2n) is 4.98. The number of hydrogen-bond donors (Lipinski definition) is 2. The number of hydrogen-bond acceptors (Lipinski definition) is 4. The third kappa shape index (κ3) is 5.00. The van der Waals surface area contributed by atoms with Crippen LogP contribution in [0, 0.1) is 5.92 Å². The average molecular weight is 319 g/mol. The Balaban J connectivity index is 2.89. The molecule has 0 saturated heterocycles. The highest BCUT2D eigenvalue weighted by atomic mass is 32.1. The monoisotopic (exact) mass is 319 g/mol. The zero-order valence-electron chi connectivity index (χ0n) is 18.1. The van der Waals surface area contributed by atoms with Crippen molar-refractivity contribution in [3.8, 4) is 0 Å². The maximum Gasteiger partial charge on any atom is 0.326 e. The molecular formula is C14H23N3O3S. The van der Waals surface area contributed by atoms with E-state index in [-0.39, 0.29) is 17.5 Å². The van der Waals surface area contributed by atoms with Crippen molar-refractivity contribution < 1.29 is 22.9 Å². The lowest BCUT2D eigenvalue weighted by molar-refractivity contribution is -0.140. The van der Waals surface area contributed by atoms with Crippen LogP contribution in [0.4, 0.5) is 4.79 Å². The standard InChI is InChI=1S/C14H23N3O3S/c1-8(2)11(13(18)19)16-14(20)17(5)6-10-7-21-12(15-10)9(3)4/h7-9,11H,6H2,1-5H3,(H,16,20)(H,18,19)/t11-/m1/s1/i3D3,4D3. The molecule has 7 heteroatoms. The molecule has 0 unspecified atom stereocenters. The van der Waals surface area contributed by atoms with E-state index in [0.29, 0.717) is 5.69 Å². The summed E-state index contributed by atoms with van der Waals surface area (Å²) in [6.45, 7) is -2.18. The Morgan fingerprint density at radius 3 is 2.71 bits per heavy atom. The van der Waals surface area contributed by atoms with Crippen molar-refractivity contribution in [1.29, 1.82) is 0 Å². The molecule has 1 aromatic heterocycles. The summed E-state index contributed by atoms with van der Waals surface area (Å²) in [5.74, 6) is -3.17. The van der Waals surface area contributed by atoms with Crippen molar-refractivity contribution in [1.82, 2.24) is 15.2 Å². The molecule has 0 aliphatic rings. The number of carboxylic acid groups (broad SMARTS) is 1. The van der Waals surface area contributed by atoms with Gasteiger partial charge < -0.3 is 15.3 Å². The van der Waals surface area contributed by atoms with Gasteiger partial charge in [-0.25, -0.2) is 14.6 Å². The number of aliphatic carboxylic acids is 1. The van der Waals surface area contributed by atoms with E-state index >= 15 is 0 Å². The summed E-state index contributed by atoms with van der Waals surface area (Å²) >= 11 is 0.905. The molecule has 21 heavy (non-hydrogen) atoms. The highest BCUT2D eigenvalue weighted by molar-refractivity contribution is 7.09. The van der Waals surface area contributed by atoms with Crippen molar-refractivity contribution in [2.45, 2.75) is 46.1 Å². The minimum Gasteiger partial charge on any atom is -0.480 e. The minimum absolute atomic E-state index is 0.0263. The van der Waals surface area contributed by atoms with Gasteiger partial charge in [-0.3, -0.25) is 0 Å². The van der Waals surface area contributed by atoms with Gasteiger partial charge in [0.2, 0.25) is 0 Å². The second-order valence-corrected chi connectivity index (χ2v) is 5.87. The minimum atomic E-state index is -2.74. The van der Waals surface area contributed by atoms with Crippen molar-refractivity contribution in [2.75, 3.05) is 7.05 Å². The second kappa shape index (κ2) is 7.40. The number of thiazole rings is 1. The van der Waals surface area contributed by atoms with Crippen molar-refractivity contribution in [3.05, 3.63) is 16.1 Å². The molecule has 0 bridgehead atoms. The van der Waals surface area contributed by atoms with E-state index < -0.39 is 37.7 Å². The Morgan fingerprint density at radius 2 is 2.19 bits per heavy atom. The topological polar surface area (TPSA) is 82.5 Å². The summed E-state index contributed by atoms with van der Waals surface area (Å²) in [6.07, 6.45) is 0. The predicted octanol–water partition coefficient (Wildman–Crippen LogP) is 2.52. The molecule has 1 rings (SSSR count). The number of carbonyl (C=O) groups is 2. The van der Waals surface area contributed by atoms with Gasteiger partial charge in [-0.05, 0) is 5.92 Å². The molecule has 0 aliphatic carbocycles. The molecule has 0 radical (unpaired) electrons. The van der Waals surface area contributed by atoms with Crippen LogP contribution in [0.3, 0.4) is 0 Å². The lowest BCUT2D eigenvalue weighted by Crippen LogP contribution is -2.48. The van der Waals surface area contributed by atoms with Crippen LogP contribution in [0.5, 0.6) is 0 Å². The van der Waals surface area contributed by atoms with Crippen LogP contribution in [-0.4, -0.2) is 40.1 Å². The van der Waals surface area contributed by atoms with Crippen molar-refractivity contribution in [3.63, 3.8) is 0 Å².